The molecular weight excluding hydrogens is 487 g/mol. The Bertz CT molecular complexity index is 1430. The molecule has 0 saturated heterocycles. The lowest BCUT2D eigenvalue weighted by Crippen LogP contribution is -2.35. The fraction of sp³-hybridized carbons (Fsp3) is 0.0952. The summed E-state index contributed by atoms with van der Waals surface area (Å²) in [6.45, 7) is 0. The Morgan fingerprint density at radius 3 is 2.53 bits per heavy atom. The van der Waals surface area contributed by atoms with Gasteiger partial charge in [0.05, 0.1) is 18.2 Å². The van der Waals surface area contributed by atoms with Crippen LogP contribution < -0.4 is 9.47 Å². The number of carbonyl (C=O) groups is 2. The average molecular weight is 503 g/mol. The van der Waals surface area contributed by atoms with Gasteiger partial charge in [-0.05, 0) is 59.8 Å². The van der Waals surface area contributed by atoms with Crippen molar-refractivity contribution in [1.82, 2.24) is 5.01 Å². The lowest BCUT2D eigenvalue weighted by molar-refractivity contribution is -0.114. The number of benzene rings is 2. The fourth-order valence-corrected chi connectivity index (χ4v) is 4.58. The summed E-state index contributed by atoms with van der Waals surface area (Å²) in [4.78, 5) is 28.6. The predicted molar refractivity (Wildman–Crippen MR) is 124 cm³/mol. The third kappa shape index (κ3) is 4.61. The van der Waals surface area contributed by atoms with Crippen LogP contribution in [0.5, 0.6) is 11.5 Å². The number of esters is 1. The predicted octanol–water partition coefficient (Wildman–Crippen LogP) is 2.67. The maximum absolute atomic E-state index is 13.1. The molecule has 0 bridgehead atoms. The third-order valence-electron chi connectivity index (χ3n) is 4.53. The van der Waals surface area contributed by atoms with E-state index in [2.05, 4.69) is 10.1 Å². The highest BCUT2D eigenvalue weighted by molar-refractivity contribution is 8.42. The molecule has 0 spiro atoms. The third-order valence-corrected chi connectivity index (χ3v) is 7.11. The Labute approximate surface area is 197 Å². The number of hydrogen-bond donors (Lipinski definition) is 1. The second kappa shape index (κ2) is 8.83. The van der Waals surface area contributed by atoms with Crippen LogP contribution in [0.25, 0.3) is 6.08 Å². The molecule has 0 unspecified atom stereocenters. The quantitative estimate of drug-likeness (QED) is 0.383. The van der Waals surface area contributed by atoms with Crippen molar-refractivity contribution in [2.45, 2.75) is 0 Å². The highest BCUT2D eigenvalue weighted by Crippen LogP contribution is 2.32. The van der Waals surface area contributed by atoms with E-state index in [-0.39, 0.29) is 38.0 Å². The molecule has 0 aliphatic carbocycles. The number of sulfone groups is 1. The Morgan fingerprint density at radius 2 is 1.88 bits per heavy atom. The van der Waals surface area contributed by atoms with Crippen LogP contribution in [-0.2, 0) is 14.6 Å². The number of amides is 1. The van der Waals surface area contributed by atoms with E-state index in [1.54, 1.807) is 0 Å². The number of hydrogen-bond acceptors (Lipinski definition) is 9. The maximum atomic E-state index is 13.1. The SMILES string of the molecule is COc1cc(/C=C2\C(=N)N3N=C(S(C)(=O)=O)SC3=NC2=O)ccc1OC(=O)c1ccc(F)cc1. The monoisotopic (exact) mass is 502 g/mol. The number of hydrazone groups is 1. The van der Waals surface area contributed by atoms with Gasteiger partial charge in [-0.1, -0.05) is 6.07 Å². The smallest absolute Gasteiger partial charge is 0.343 e. The van der Waals surface area contributed by atoms with E-state index in [0.717, 1.165) is 23.4 Å². The van der Waals surface area contributed by atoms with Gasteiger partial charge in [-0.25, -0.2) is 17.6 Å². The minimum absolute atomic E-state index is 0.0202. The highest BCUT2D eigenvalue weighted by Gasteiger charge is 2.38. The fourth-order valence-electron chi connectivity index (χ4n) is 2.89. The first-order valence-corrected chi connectivity index (χ1v) is 12.1. The van der Waals surface area contributed by atoms with Crippen molar-refractivity contribution < 1.29 is 31.9 Å². The molecule has 0 saturated carbocycles. The van der Waals surface area contributed by atoms with Crippen molar-refractivity contribution in [1.29, 1.82) is 5.41 Å². The number of rotatable bonds is 4. The zero-order valence-electron chi connectivity index (χ0n) is 17.6. The molecule has 2 aliphatic heterocycles. The van der Waals surface area contributed by atoms with Crippen LogP contribution in [0, 0.1) is 11.2 Å². The molecule has 1 amide bonds. The molecule has 2 aliphatic rings. The molecule has 34 heavy (non-hydrogen) atoms. The number of halogens is 1. The van der Waals surface area contributed by atoms with E-state index in [9.17, 15) is 22.4 Å². The minimum Gasteiger partial charge on any atom is -0.493 e. The van der Waals surface area contributed by atoms with Crippen LogP contribution in [0.3, 0.4) is 0 Å². The molecule has 0 atom stereocenters. The van der Waals surface area contributed by atoms with Crippen LogP contribution in [0.15, 0.2) is 58.1 Å². The Balaban J connectivity index is 1.60. The summed E-state index contributed by atoms with van der Waals surface area (Å²) in [5.74, 6) is -2.04. The van der Waals surface area contributed by atoms with Crippen LogP contribution in [0.2, 0.25) is 0 Å². The Hall–Kier alpha value is -3.84. The van der Waals surface area contributed by atoms with E-state index in [1.165, 1.54) is 43.5 Å². The summed E-state index contributed by atoms with van der Waals surface area (Å²) in [5, 5.41) is 13.1. The second-order valence-electron chi connectivity index (χ2n) is 6.96. The first kappa shape index (κ1) is 23.3. The van der Waals surface area contributed by atoms with Gasteiger partial charge in [0.1, 0.15) is 5.82 Å². The highest BCUT2D eigenvalue weighted by atomic mass is 32.3. The molecule has 2 aromatic rings. The van der Waals surface area contributed by atoms with Crippen molar-refractivity contribution in [3.63, 3.8) is 0 Å². The van der Waals surface area contributed by atoms with Gasteiger partial charge in [0.15, 0.2) is 17.3 Å². The number of nitrogens with one attached hydrogen (secondary N) is 1. The summed E-state index contributed by atoms with van der Waals surface area (Å²) in [6.07, 6.45) is 2.33. The van der Waals surface area contributed by atoms with E-state index in [1.807, 2.05) is 0 Å². The number of fused-ring (bicyclic) bond motifs is 1. The normalized spacial score (nSPS) is 16.8. The molecule has 13 heteroatoms. The molecular formula is C21H15FN4O6S2. The van der Waals surface area contributed by atoms with Gasteiger partial charge in [-0.15, -0.1) is 5.10 Å². The number of amidine groups is 2. The van der Waals surface area contributed by atoms with Gasteiger partial charge in [-0.2, -0.15) is 10.0 Å². The van der Waals surface area contributed by atoms with Crippen LogP contribution in [-0.4, -0.2) is 54.0 Å². The van der Waals surface area contributed by atoms with Gasteiger partial charge in [0.25, 0.3) is 5.91 Å². The minimum atomic E-state index is -3.64. The Morgan fingerprint density at radius 1 is 1.18 bits per heavy atom. The molecule has 4 rings (SSSR count). The molecule has 2 aromatic carbocycles. The number of ether oxygens (including phenoxy) is 2. The molecule has 10 nitrogen and oxygen atoms in total. The summed E-state index contributed by atoms with van der Waals surface area (Å²) in [5.41, 5.74) is 0.437. The largest absolute Gasteiger partial charge is 0.493 e. The summed E-state index contributed by atoms with van der Waals surface area (Å²) in [7, 11) is -2.28. The van der Waals surface area contributed by atoms with Crippen molar-refractivity contribution in [3.05, 3.63) is 65.0 Å². The lowest BCUT2D eigenvalue weighted by atomic mass is 10.1. The number of carbonyl (C=O) groups excluding carboxylic acids is 2. The lowest BCUT2D eigenvalue weighted by Gasteiger charge is -2.20. The number of aliphatic imine (C=N–C) groups is 1. The van der Waals surface area contributed by atoms with E-state index in [4.69, 9.17) is 14.9 Å². The topological polar surface area (TPSA) is 139 Å². The van der Waals surface area contributed by atoms with Crippen molar-refractivity contribution in [2.75, 3.05) is 13.4 Å². The number of thioether (sulfide) groups is 1. The zero-order valence-corrected chi connectivity index (χ0v) is 19.2. The summed E-state index contributed by atoms with van der Waals surface area (Å²) < 4.78 is 46.9. The molecule has 0 radical (unpaired) electrons. The Kier molecular flexibility index (Phi) is 6.06. The van der Waals surface area contributed by atoms with Gasteiger partial charge in [0.2, 0.25) is 19.4 Å². The van der Waals surface area contributed by atoms with E-state index < -0.39 is 27.5 Å². The van der Waals surface area contributed by atoms with Gasteiger partial charge < -0.3 is 9.47 Å². The van der Waals surface area contributed by atoms with Crippen LogP contribution in [0.4, 0.5) is 4.39 Å². The second-order valence-corrected chi connectivity index (χ2v) is 10.1. The number of nitrogens with zero attached hydrogens (tertiary/aromatic N) is 3. The summed E-state index contributed by atoms with van der Waals surface area (Å²) >= 11 is 0.690. The van der Waals surface area contributed by atoms with E-state index >= 15 is 0 Å². The van der Waals surface area contributed by atoms with Gasteiger partial charge in [0, 0.05) is 6.26 Å². The van der Waals surface area contributed by atoms with Crippen molar-refractivity contribution in [2.24, 2.45) is 10.1 Å². The molecule has 0 fully saturated rings. The zero-order chi connectivity index (χ0) is 24.6. The van der Waals surface area contributed by atoms with Crippen LogP contribution >= 0.6 is 11.8 Å². The molecule has 1 N–H and O–H groups in total. The molecule has 2 heterocycles. The van der Waals surface area contributed by atoms with E-state index in [0.29, 0.717) is 17.3 Å². The first-order chi connectivity index (χ1) is 16.1. The maximum Gasteiger partial charge on any atom is 0.343 e. The average Bonchev–Trinajstić information content (AvgIpc) is 3.22. The number of methoxy groups -OCH3 is 1. The van der Waals surface area contributed by atoms with Crippen LogP contribution in [0.1, 0.15) is 15.9 Å². The van der Waals surface area contributed by atoms with Crippen molar-refractivity contribution in [3.8, 4) is 11.5 Å². The van der Waals surface area contributed by atoms with Gasteiger partial charge in [-0.3, -0.25) is 10.2 Å². The standard InChI is InChI=1S/C21H15FN4O6S2/c1-31-16-10-11(3-8-15(16)32-19(28)12-4-6-13(22)7-5-12)9-14-17(23)26-20(24-18(14)27)33-21(25-26)34(2,29)30/h3-10,23H,1-2H3/b14-9+,23-17?. The van der Waals surface area contributed by atoms with Gasteiger partial charge >= 0.3 is 5.97 Å². The van der Waals surface area contributed by atoms with Crippen molar-refractivity contribution >= 4 is 54.9 Å². The molecule has 0 aromatic heterocycles. The first-order valence-electron chi connectivity index (χ1n) is 9.43. The summed E-state index contributed by atoms with van der Waals surface area (Å²) in [6, 6.07) is 9.27. The molecule has 174 valence electrons.